The first kappa shape index (κ1) is 15.9. The van der Waals surface area contributed by atoms with Crippen molar-refractivity contribution in [2.24, 2.45) is 0 Å². The molecule has 0 aliphatic heterocycles. The average molecular weight is 334 g/mol. The number of oxazole rings is 1. The molecule has 2 aromatic carbocycles. The van der Waals surface area contributed by atoms with Crippen molar-refractivity contribution < 1.29 is 9.52 Å². The first-order chi connectivity index (χ1) is 12.2. The third-order valence-electron chi connectivity index (χ3n) is 4.87. The van der Waals surface area contributed by atoms with Crippen molar-refractivity contribution in [3.63, 3.8) is 0 Å². The molecule has 0 amide bonds. The van der Waals surface area contributed by atoms with Crippen molar-refractivity contribution in [2.75, 3.05) is 4.90 Å². The summed E-state index contributed by atoms with van der Waals surface area (Å²) in [6.45, 7) is 2.59. The summed E-state index contributed by atoms with van der Waals surface area (Å²) in [7, 11) is 0. The lowest BCUT2D eigenvalue weighted by molar-refractivity contribution is 0.282. The van der Waals surface area contributed by atoms with Crippen molar-refractivity contribution in [3.05, 3.63) is 83.1 Å². The van der Waals surface area contributed by atoms with Gasteiger partial charge in [-0.15, -0.1) is 0 Å². The summed E-state index contributed by atoms with van der Waals surface area (Å²) < 4.78 is 5.73. The van der Waals surface area contributed by atoms with E-state index in [-0.39, 0.29) is 6.61 Å². The molecule has 1 N–H and O–H groups in total. The van der Waals surface area contributed by atoms with Gasteiger partial charge in [0, 0.05) is 11.7 Å². The minimum Gasteiger partial charge on any atom is -0.444 e. The third-order valence-corrected chi connectivity index (χ3v) is 4.87. The van der Waals surface area contributed by atoms with E-state index in [1.165, 1.54) is 11.1 Å². The second kappa shape index (κ2) is 6.73. The van der Waals surface area contributed by atoms with Crippen LogP contribution in [0.25, 0.3) is 0 Å². The van der Waals surface area contributed by atoms with Crippen LogP contribution in [0.3, 0.4) is 0 Å². The minimum atomic E-state index is 0.0463. The highest BCUT2D eigenvalue weighted by molar-refractivity contribution is 5.51. The van der Waals surface area contributed by atoms with Gasteiger partial charge >= 0.3 is 0 Å². The molecule has 0 unspecified atom stereocenters. The number of aliphatic hydroxyl groups excluding tert-OH is 1. The average Bonchev–Trinajstić information content (AvgIpc) is 3.25. The van der Waals surface area contributed by atoms with Crippen LogP contribution in [0.1, 0.15) is 28.3 Å². The van der Waals surface area contributed by atoms with Crippen molar-refractivity contribution in [1.82, 2.24) is 4.98 Å². The molecule has 3 aromatic rings. The molecule has 128 valence electrons. The number of benzene rings is 2. The van der Waals surface area contributed by atoms with E-state index in [0.717, 1.165) is 35.7 Å². The van der Waals surface area contributed by atoms with Crippen molar-refractivity contribution in [3.8, 4) is 0 Å². The molecule has 1 aromatic heterocycles. The Kier molecular flexibility index (Phi) is 4.28. The van der Waals surface area contributed by atoms with Crippen LogP contribution in [0.15, 0.2) is 59.1 Å². The van der Waals surface area contributed by atoms with Crippen molar-refractivity contribution in [1.29, 1.82) is 0 Å². The Balaban J connectivity index is 1.66. The summed E-state index contributed by atoms with van der Waals surface area (Å²) in [4.78, 5) is 6.74. The predicted octanol–water partition coefficient (Wildman–Crippen LogP) is 3.65. The van der Waals surface area contributed by atoms with Crippen LogP contribution in [-0.2, 0) is 26.0 Å². The Bertz CT molecular complexity index is 847. The molecule has 1 heterocycles. The number of aromatic nitrogens is 1. The zero-order valence-corrected chi connectivity index (χ0v) is 14.4. The summed E-state index contributed by atoms with van der Waals surface area (Å²) in [6.07, 6.45) is 3.79. The van der Waals surface area contributed by atoms with Crippen molar-refractivity contribution in [2.45, 2.75) is 39.0 Å². The quantitative estimate of drug-likeness (QED) is 0.774. The van der Waals surface area contributed by atoms with E-state index < -0.39 is 0 Å². The largest absolute Gasteiger partial charge is 0.444 e. The number of nitrogens with zero attached hydrogens (tertiary/aromatic N) is 2. The second-order valence-electron chi connectivity index (χ2n) is 6.65. The standard InChI is InChI=1S/C21H22N2O2/c1-15-12-22-21(25-15)13-23(19-8-4-5-16(9-19)14-24)20-10-17-6-2-3-7-18(17)11-20/h2-9,12,20,24H,10-11,13-14H2,1H3. The maximum Gasteiger partial charge on any atom is 0.213 e. The minimum absolute atomic E-state index is 0.0463. The lowest BCUT2D eigenvalue weighted by Crippen LogP contribution is -2.35. The summed E-state index contributed by atoms with van der Waals surface area (Å²) in [5.41, 5.74) is 4.85. The van der Waals surface area contributed by atoms with Gasteiger partial charge in [-0.2, -0.15) is 0 Å². The van der Waals surface area contributed by atoms with Gasteiger partial charge in [0.05, 0.1) is 19.3 Å². The maximum absolute atomic E-state index is 9.49. The van der Waals surface area contributed by atoms with Gasteiger partial charge in [0.25, 0.3) is 0 Å². The van der Waals surface area contributed by atoms with Gasteiger partial charge in [0.15, 0.2) is 0 Å². The van der Waals surface area contributed by atoms with E-state index in [1.54, 1.807) is 6.20 Å². The van der Waals surface area contributed by atoms with Gasteiger partial charge in [-0.3, -0.25) is 0 Å². The monoisotopic (exact) mass is 334 g/mol. The number of hydrogen-bond acceptors (Lipinski definition) is 4. The number of aryl methyl sites for hydroxylation is 1. The molecule has 0 bridgehead atoms. The molecule has 1 aliphatic rings. The first-order valence-electron chi connectivity index (χ1n) is 8.67. The van der Waals surface area contributed by atoms with E-state index in [1.807, 2.05) is 19.1 Å². The van der Waals surface area contributed by atoms with Gasteiger partial charge < -0.3 is 14.4 Å². The van der Waals surface area contributed by atoms with Gasteiger partial charge in [0.2, 0.25) is 5.89 Å². The number of fused-ring (bicyclic) bond motifs is 1. The summed E-state index contributed by atoms with van der Waals surface area (Å²) in [5, 5.41) is 9.49. The second-order valence-corrected chi connectivity index (χ2v) is 6.65. The van der Waals surface area contributed by atoms with Crippen LogP contribution >= 0.6 is 0 Å². The van der Waals surface area contributed by atoms with E-state index in [4.69, 9.17) is 4.42 Å². The number of hydrogen-bond donors (Lipinski definition) is 1. The molecular weight excluding hydrogens is 312 g/mol. The fourth-order valence-electron chi connectivity index (χ4n) is 3.64. The SMILES string of the molecule is Cc1cnc(CN(c2cccc(CO)c2)C2Cc3ccccc3C2)o1. The summed E-state index contributed by atoms with van der Waals surface area (Å²) >= 11 is 0. The van der Waals surface area contributed by atoms with E-state index in [0.29, 0.717) is 12.6 Å². The predicted molar refractivity (Wildman–Crippen MR) is 97.4 cm³/mol. The summed E-state index contributed by atoms with van der Waals surface area (Å²) in [5.74, 6) is 1.55. The number of aliphatic hydroxyl groups is 1. The normalized spacial score (nSPS) is 13.8. The Morgan fingerprint density at radius 3 is 2.52 bits per heavy atom. The molecule has 4 nitrogen and oxygen atoms in total. The molecule has 0 spiro atoms. The fraction of sp³-hybridized carbons (Fsp3) is 0.286. The Labute approximate surface area is 147 Å². The molecule has 0 radical (unpaired) electrons. The smallest absolute Gasteiger partial charge is 0.213 e. The zero-order valence-electron chi connectivity index (χ0n) is 14.4. The molecule has 0 saturated heterocycles. The molecule has 4 rings (SSSR count). The molecule has 4 heteroatoms. The van der Waals surface area contributed by atoms with Crippen LogP contribution < -0.4 is 4.90 Å². The van der Waals surface area contributed by atoms with Crippen LogP contribution in [0, 0.1) is 6.92 Å². The Morgan fingerprint density at radius 1 is 1.12 bits per heavy atom. The highest BCUT2D eigenvalue weighted by Crippen LogP contribution is 2.30. The van der Waals surface area contributed by atoms with Gasteiger partial charge in [0.1, 0.15) is 5.76 Å². The number of rotatable bonds is 5. The molecular formula is C21H22N2O2. The van der Waals surface area contributed by atoms with Gasteiger partial charge in [-0.1, -0.05) is 36.4 Å². The van der Waals surface area contributed by atoms with Crippen molar-refractivity contribution >= 4 is 5.69 Å². The molecule has 25 heavy (non-hydrogen) atoms. The molecule has 0 fully saturated rings. The van der Waals surface area contributed by atoms with Crippen LogP contribution in [0.4, 0.5) is 5.69 Å². The maximum atomic E-state index is 9.49. The molecule has 0 saturated carbocycles. The molecule has 0 atom stereocenters. The van der Waals surface area contributed by atoms with E-state index in [2.05, 4.69) is 46.3 Å². The Morgan fingerprint density at radius 2 is 1.88 bits per heavy atom. The lowest BCUT2D eigenvalue weighted by atomic mass is 10.1. The highest BCUT2D eigenvalue weighted by atomic mass is 16.4. The van der Waals surface area contributed by atoms with E-state index >= 15 is 0 Å². The van der Waals surface area contributed by atoms with E-state index in [9.17, 15) is 5.11 Å². The van der Waals surface area contributed by atoms with Crippen LogP contribution in [-0.4, -0.2) is 16.1 Å². The molecule has 1 aliphatic carbocycles. The third kappa shape index (κ3) is 3.30. The highest BCUT2D eigenvalue weighted by Gasteiger charge is 2.28. The topological polar surface area (TPSA) is 49.5 Å². The lowest BCUT2D eigenvalue weighted by Gasteiger charge is -2.30. The van der Waals surface area contributed by atoms with Crippen LogP contribution in [0.2, 0.25) is 0 Å². The first-order valence-corrected chi connectivity index (χ1v) is 8.67. The summed E-state index contributed by atoms with van der Waals surface area (Å²) in [6, 6.07) is 17.1. The number of anilines is 1. The van der Waals surface area contributed by atoms with Gasteiger partial charge in [-0.05, 0) is 48.6 Å². The fourth-order valence-corrected chi connectivity index (χ4v) is 3.64. The van der Waals surface area contributed by atoms with Crippen LogP contribution in [0.5, 0.6) is 0 Å². The zero-order chi connectivity index (χ0) is 17.2. The Hall–Kier alpha value is -2.59. The van der Waals surface area contributed by atoms with Gasteiger partial charge in [-0.25, -0.2) is 4.98 Å².